The molecule has 0 amide bonds. The van der Waals surface area contributed by atoms with Gasteiger partial charge in [0, 0.05) is 0 Å². The molecule has 0 aromatic rings. The average Bonchev–Trinajstić information content (AvgIpc) is 1.64. The molecule has 0 spiro atoms. The maximum absolute atomic E-state index is 9.08. The van der Waals surface area contributed by atoms with Gasteiger partial charge in [0.05, 0.1) is 6.10 Å². The molecule has 1 saturated carbocycles. The van der Waals surface area contributed by atoms with Crippen molar-refractivity contribution in [2.75, 3.05) is 0 Å². The van der Waals surface area contributed by atoms with Crippen molar-refractivity contribution in [2.24, 2.45) is 5.92 Å². The van der Waals surface area contributed by atoms with Crippen molar-refractivity contribution in [3.8, 4) is 0 Å². The minimum Gasteiger partial charge on any atom is -0.393 e. The number of aliphatic hydroxyl groups excluding tert-OH is 1. The Bertz CT molecular complexity index is 67.3. The van der Waals surface area contributed by atoms with E-state index in [1.807, 2.05) is 0 Å². The smallest absolute Gasteiger partial charge is 0.0542 e. The summed E-state index contributed by atoms with van der Waals surface area (Å²) in [6, 6.07) is 0. The van der Waals surface area contributed by atoms with Gasteiger partial charge in [0.25, 0.3) is 0 Å². The standard InChI is InChI=1S/C7H14O.ClH/c1-6-3-2-4-7(8)5-6;/h6-8H,2-5H2,1H3;1H. The molecule has 2 heteroatoms. The molecule has 0 bridgehead atoms. The fourth-order valence-electron chi connectivity index (χ4n) is 1.40. The summed E-state index contributed by atoms with van der Waals surface area (Å²) in [5, 5.41) is 9.08. The van der Waals surface area contributed by atoms with Crippen LogP contribution in [0.2, 0.25) is 0 Å². The van der Waals surface area contributed by atoms with Crippen molar-refractivity contribution in [3.05, 3.63) is 0 Å². The van der Waals surface area contributed by atoms with Crippen LogP contribution in [-0.2, 0) is 0 Å². The largest absolute Gasteiger partial charge is 0.393 e. The van der Waals surface area contributed by atoms with Crippen LogP contribution in [-0.4, -0.2) is 11.2 Å². The fourth-order valence-corrected chi connectivity index (χ4v) is 1.40. The molecular weight excluding hydrogens is 136 g/mol. The van der Waals surface area contributed by atoms with Crippen LogP contribution >= 0.6 is 12.4 Å². The van der Waals surface area contributed by atoms with Gasteiger partial charge in [0.2, 0.25) is 0 Å². The molecule has 9 heavy (non-hydrogen) atoms. The van der Waals surface area contributed by atoms with E-state index in [9.17, 15) is 0 Å². The van der Waals surface area contributed by atoms with Gasteiger partial charge in [0.15, 0.2) is 0 Å². The summed E-state index contributed by atoms with van der Waals surface area (Å²) in [7, 11) is 0. The lowest BCUT2D eigenvalue weighted by Gasteiger charge is -2.21. The van der Waals surface area contributed by atoms with Crippen LogP contribution in [0.25, 0.3) is 0 Å². The van der Waals surface area contributed by atoms with Crippen molar-refractivity contribution in [2.45, 2.75) is 38.7 Å². The first-order valence-corrected chi connectivity index (χ1v) is 3.47. The second kappa shape index (κ2) is 4.13. The van der Waals surface area contributed by atoms with Gasteiger partial charge in [0.1, 0.15) is 0 Å². The summed E-state index contributed by atoms with van der Waals surface area (Å²) in [5.41, 5.74) is 0. The zero-order valence-corrected chi connectivity index (χ0v) is 6.66. The number of halogens is 1. The normalized spacial score (nSPS) is 35.3. The van der Waals surface area contributed by atoms with E-state index in [1.165, 1.54) is 12.8 Å². The maximum atomic E-state index is 9.08. The van der Waals surface area contributed by atoms with Gasteiger partial charge < -0.3 is 5.11 Å². The van der Waals surface area contributed by atoms with Gasteiger partial charge in [-0.2, -0.15) is 0 Å². The van der Waals surface area contributed by atoms with Crippen molar-refractivity contribution >= 4 is 12.4 Å². The van der Waals surface area contributed by atoms with Gasteiger partial charge in [-0.3, -0.25) is 0 Å². The van der Waals surface area contributed by atoms with Crippen LogP contribution in [0.1, 0.15) is 32.6 Å². The quantitative estimate of drug-likeness (QED) is 0.560. The lowest BCUT2D eigenvalue weighted by Crippen LogP contribution is -2.16. The van der Waals surface area contributed by atoms with Gasteiger partial charge in [-0.15, -0.1) is 12.4 Å². The predicted octanol–water partition coefficient (Wildman–Crippen LogP) is 1.98. The Labute approximate surface area is 62.9 Å². The predicted molar refractivity (Wildman–Crippen MR) is 40.9 cm³/mol. The van der Waals surface area contributed by atoms with E-state index in [1.54, 1.807) is 0 Å². The van der Waals surface area contributed by atoms with Crippen molar-refractivity contribution in [1.82, 2.24) is 0 Å². The number of aliphatic hydroxyl groups is 1. The molecule has 56 valence electrons. The lowest BCUT2D eigenvalue weighted by atomic mass is 9.89. The van der Waals surface area contributed by atoms with Crippen LogP contribution < -0.4 is 0 Å². The van der Waals surface area contributed by atoms with Gasteiger partial charge in [-0.25, -0.2) is 0 Å². The molecule has 0 saturated heterocycles. The highest BCUT2D eigenvalue weighted by atomic mass is 35.5. The van der Waals surface area contributed by atoms with Gasteiger partial charge in [-0.1, -0.05) is 19.8 Å². The molecule has 0 aromatic heterocycles. The molecule has 2 unspecified atom stereocenters. The third-order valence-corrected chi connectivity index (χ3v) is 1.91. The minimum atomic E-state index is 0. The number of rotatable bonds is 0. The van der Waals surface area contributed by atoms with E-state index in [-0.39, 0.29) is 18.5 Å². The molecule has 1 fully saturated rings. The van der Waals surface area contributed by atoms with Crippen LogP contribution in [0, 0.1) is 5.92 Å². The Hall–Kier alpha value is 0.250. The van der Waals surface area contributed by atoms with Crippen molar-refractivity contribution in [1.29, 1.82) is 0 Å². The van der Waals surface area contributed by atoms with E-state index in [2.05, 4.69) is 6.92 Å². The highest BCUT2D eigenvalue weighted by Gasteiger charge is 2.15. The lowest BCUT2D eigenvalue weighted by molar-refractivity contribution is 0.106. The SMILES string of the molecule is CC1CCCC(O)C1.Cl. The molecule has 0 heterocycles. The summed E-state index contributed by atoms with van der Waals surface area (Å²) in [6.07, 6.45) is 4.61. The monoisotopic (exact) mass is 150 g/mol. The van der Waals surface area contributed by atoms with Gasteiger partial charge in [-0.05, 0) is 18.8 Å². The third-order valence-electron chi connectivity index (χ3n) is 1.91. The highest BCUT2D eigenvalue weighted by molar-refractivity contribution is 5.85. The minimum absolute atomic E-state index is 0. The Kier molecular flexibility index (Phi) is 4.24. The summed E-state index contributed by atoms with van der Waals surface area (Å²) in [5.74, 6) is 0.763. The van der Waals surface area contributed by atoms with E-state index in [0.29, 0.717) is 0 Å². The number of hydrogen-bond acceptors (Lipinski definition) is 1. The van der Waals surface area contributed by atoms with Crippen LogP contribution in [0.3, 0.4) is 0 Å². The topological polar surface area (TPSA) is 20.2 Å². The molecule has 0 aliphatic heterocycles. The van der Waals surface area contributed by atoms with E-state index in [0.717, 1.165) is 18.8 Å². The first-order chi connectivity index (χ1) is 3.79. The summed E-state index contributed by atoms with van der Waals surface area (Å²) in [4.78, 5) is 0. The Morgan fingerprint density at radius 2 is 2.00 bits per heavy atom. The third kappa shape index (κ3) is 3.07. The Morgan fingerprint density at radius 1 is 1.33 bits per heavy atom. The average molecular weight is 151 g/mol. The van der Waals surface area contributed by atoms with Gasteiger partial charge >= 0.3 is 0 Å². The molecular formula is C7H15ClO. The Balaban J connectivity index is 0.000000640. The summed E-state index contributed by atoms with van der Waals surface area (Å²) < 4.78 is 0. The number of hydrogen-bond donors (Lipinski definition) is 1. The molecule has 1 aliphatic carbocycles. The van der Waals surface area contributed by atoms with Crippen molar-refractivity contribution < 1.29 is 5.11 Å². The van der Waals surface area contributed by atoms with Crippen molar-refractivity contribution in [3.63, 3.8) is 0 Å². The molecule has 1 aliphatic rings. The second-order valence-corrected chi connectivity index (χ2v) is 2.93. The fraction of sp³-hybridized carbons (Fsp3) is 1.00. The molecule has 0 aromatic carbocycles. The summed E-state index contributed by atoms with van der Waals surface area (Å²) >= 11 is 0. The van der Waals surface area contributed by atoms with E-state index >= 15 is 0 Å². The molecule has 1 N–H and O–H groups in total. The molecule has 1 nitrogen and oxygen atoms in total. The molecule has 0 radical (unpaired) electrons. The maximum Gasteiger partial charge on any atom is 0.0542 e. The molecule has 2 atom stereocenters. The second-order valence-electron chi connectivity index (χ2n) is 2.93. The first kappa shape index (κ1) is 9.25. The highest BCUT2D eigenvalue weighted by Crippen LogP contribution is 2.22. The van der Waals surface area contributed by atoms with E-state index < -0.39 is 0 Å². The first-order valence-electron chi connectivity index (χ1n) is 3.47. The zero-order chi connectivity index (χ0) is 5.98. The molecule has 1 rings (SSSR count). The van der Waals surface area contributed by atoms with Crippen LogP contribution in [0.5, 0.6) is 0 Å². The zero-order valence-electron chi connectivity index (χ0n) is 5.84. The Morgan fingerprint density at radius 3 is 2.33 bits per heavy atom. The van der Waals surface area contributed by atoms with Crippen LogP contribution in [0.15, 0.2) is 0 Å². The van der Waals surface area contributed by atoms with Crippen LogP contribution in [0.4, 0.5) is 0 Å². The van der Waals surface area contributed by atoms with E-state index in [4.69, 9.17) is 5.11 Å². The summed E-state index contributed by atoms with van der Waals surface area (Å²) in [6.45, 7) is 2.21.